The molecule has 3 heterocycles. The number of amides is 1. The molecule has 8 nitrogen and oxygen atoms in total. The van der Waals surface area contributed by atoms with E-state index in [-0.39, 0.29) is 5.75 Å². The third-order valence-corrected chi connectivity index (χ3v) is 3.95. The number of thioether (sulfide) groups is 1. The molecule has 1 aromatic carbocycles. The van der Waals surface area contributed by atoms with Gasteiger partial charge in [-0.2, -0.15) is 14.6 Å². The molecule has 0 radical (unpaired) electrons. The van der Waals surface area contributed by atoms with Crippen LogP contribution in [0.15, 0.2) is 29.4 Å². The highest BCUT2D eigenvalue weighted by Crippen LogP contribution is 2.23. The lowest BCUT2D eigenvalue weighted by Gasteiger charge is -1.96. The Bertz CT molecular complexity index is 989. The number of nitrogens with two attached hydrogens (primary N) is 1. The van der Waals surface area contributed by atoms with E-state index in [1.807, 2.05) is 24.3 Å². The molecule has 0 saturated heterocycles. The van der Waals surface area contributed by atoms with Crippen molar-refractivity contribution in [2.24, 2.45) is 5.73 Å². The molecular formula is C12H9N7OS. The van der Waals surface area contributed by atoms with Crippen molar-refractivity contribution in [1.29, 1.82) is 0 Å². The Morgan fingerprint density at radius 2 is 2.19 bits per heavy atom. The van der Waals surface area contributed by atoms with Gasteiger partial charge in [0, 0.05) is 10.9 Å². The molecule has 0 atom stereocenters. The molecule has 0 unspecified atom stereocenters. The summed E-state index contributed by atoms with van der Waals surface area (Å²) in [6.07, 6.45) is 0. The molecular weight excluding hydrogens is 290 g/mol. The average Bonchev–Trinajstić information content (AvgIpc) is 3.03. The van der Waals surface area contributed by atoms with E-state index in [0.29, 0.717) is 16.6 Å². The summed E-state index contributed by atoms with van der Waals surface area (Å²) in [4.78, 5) is 18.5. The van der Waals surface area contributed by atoms with Gasteiger partial charge in [-0.3, -0.25) is 4.79 Å². The second-order valence-electron chi connectivity index (χ2n) is 4.43. The van der Waals surface area contributed by atoms with Crippen molar-refractivity contribution in [2.45, 2.75) is 5.16 Å². The van der Waals surface area contributed by atoms with Crippen molar-refractivity contribution in [1.82, 2.24) is 29.8 Å². The van der Waals surface area contributed by atoms with Gasteiger partial charge in [-0.05, 0) is 6.07 Å². The maximum atomic E-state index is 10.9. The van der Waals surface area contributed by atoms with Crippen LogP contribution < -0.4 is 5.73 Å². The van der Waals surface area contributed by atoms with E-state index in [0.717, 1.165) is 16.4 Å². The number of hydrogen-bond acceptors (Lipinski definition) is 6. The number of primary amides is 1. The minimum Gasteiger partial charge on any atom is -0.369 e. The number of hydrogen-bond donors (Lipinski definition) is 2. The number of H-pyrrole nitrogens is 1. The van der Waals surface area contributed by atoms with Crippen LogP contribution in [0.5, 0.6) is 0 Å². The number of carbonyl (C=O) groups excluding carboxylic acids is 1. The van der Waals surface area contributed by atoms with Crippen LogP contribution in [-0.4, -0.2) is 41.4 Å². The summed E-state index contributed by atoms with van der Waals surface area (Å²) in [5, 5.41) is 13.9. The van der Waals surface area contributed by atoms with Crippen molar-refractivity contribution in [3.8, 4) is 0 Å². The zero-order valence-electron chi connectivity index (χ0n) is 10.6. The Labute approximate surface area is 121 Å². The highest BCUT2D eigenvalue weighted by atomic mass is 32.2. The van der Waals surface area contributed by atoms with Crippen molar-refractivity contribution in [3.63, 3.8) is 0 Å². The predicted octanol–water partition coefficient (Wildman–Crippen LogP) is 0.731. The molecule has 0 spiro atoms. The smallest absolute Gasteiger partial charge is 0.274 e. The van der Waals surface area contributed by atoms with E-state index in [1.54, 1.807) is 0 Å². The SMILES string of the molecule is NC(=O)CSc1nnc2nc3[nH]c4ccccc4c3nn12. The zero-order chi connectivity index (χ0) is 14.4. The fraction of sp³-hybridized carbons (Fsp3) is 0.0833. The summed E-state index contributed by atoms with van der Waals surface area (Å²) < 4.78 is 1.52. The van der Waals surface area contributed by atoms with Gasteiger partial charge in [-0.15, -0.1) is 10.2 Å². The third kappa shape index (κ3) is 1.89. The molecule has 3 N–H and O–H groups in total. The van der Waals surface area contributed by atoms with Gasteiger partial charge in [0.1, 0.15) is 5.52 Å². The molecule has 4 rings (SSSR count). The van der Waals surface area contributed by atoms with Crippen LogP contribution in [0.2, 0.25) is 0 Å². The Hall–Kier alpha value is -2.68. The molecule has 21 heavy (non-hydrogen) atoms. The van der Waals surface area contributed by atoms with Crippen molar-refractivity contribution < 1.29 is 4.79 Å². The standard InChI is InChI=1S/C12H9N7OS/c13-8(20)5-21-12-17-16-11-15-10-9(18-19(11)12)6-3-1-2-4-7(6)14-10/h1-4H,5H2,(H2,13,20)(H,14,15,16). The second-order valence-corrected chi connectivity index (χ2v) is 5.37. The molecule has 0 aliphatic carbocycles. The van der Waals surface area contributed by atoms with Crippen LogP contribution in [0.4, 0.5) is 0 Å². The van der Waals surface area contributed by atoms with E-state index in [9.17, 15) is 4.79 Å². The molecule has 0 fully saturated rings. The number of rotatable bonds is 3. The van der Waals surface area contributed by atoms with Gasteiger partial charge < -0.3 is 10.7 Å². The van der Waals surface area contributed by atoms with Gasteiger partial charge in [0.2, 0.25) is 11.1 Å². The first-order valence-corrected chi connectivity index (χ1v) is 7.12. The lowest BCUT2D eigenvalue weighted by molar-refractivity contribution is -0.115. The normalized spacial score (nSPS) is 11.6. The fourth-order valence-electron chi connectivity index (χ4n) is 2.14. The molecule has 0 saturated carbocycles. The van der Waals surface area contributed by atoms with Crippen LogP contribution in [0.3, 0.4) is 0 Å². The summed E-state index contributed by atoms with van der Waals surface area (Å²) in [5.74, 6) is 0.0768. The zero-order valence-corrected chi connectivity index (χ0v) is 11.5. The van der Waals surface area contributed by atoms with Crippen molar-refractivity contribution in [2.75, 3.05) is 5.75 Å². The largest absolute Gasteiger partial charge is 0.369 e. The predicted molar refractivity (Wildman–Crippen MR) is 77.9 cm³/mol. The van der Waals surface area contributed by atoms with Crippen LogP contribution in [0.1, 0.15) is 0 Å². The van der Waals surface area contributed by atoms with E-state index in [2.05, 4.69) is 25.3 Å². The van der Waals surface area contributed by atoms with E-state index < -0.39 is 5.91 Å². The lowest BCUT2D eigenvalue weighted by Crippen LogP contribution is -2.13. The van der Waals surface area contributed by atoms with Gasteiger partial charge in [0.05, 0.1) is 5.75 Å². The third-order valence-electron chi connectivity index (χ3n) is 3.01. The Morgan fingerprint density at radius 1 is 1.33 bits per heavy atom. The van der Waals surface area contributed by atoms with Crippen LogP contribution >= 0.6 is 11.8 Å². The number of nitrogens with one attached hydrogen (secondary N) is 1. The Balaban J connectivity index is 1.95. The molecule has 4 aromatic rings. The number of benzene rings is 1. The summed E-state index contributed by atoms with van der Waals surface area (Å²) in [5.41, 5.74) is 7.49. The summed E-state index contributed by atoms with van der Waals surface area (Å²) in [6.45, 7) is 0. The Morgan fingerprint density at radius 3 is 3.05 bits per heavy atom. The molecule has 0 bridgehead atoms. The number of fused-ring (bicyclic) bond motifs is 4. The van der Waals surface area contributed by atoms with Crippen molar-refractivity contribution in [3.05, 3.63) is 24.3 Å². The molecule has 1 amide bonds. The van der Waals surface area contributed by atoms with Crippen molar-refractivity contribution >= 4 is 45.5 Å². The maximum Gasteiger partial charge on any atom is 0.274 e. The van der Waals surface area contributed by atoms with Gasteiger partial charge in [0.15, 0.2) is 5.65 Å². The number of carbonyl (C=O) groups is 1. The fourth-order valence-corrected chi connectivity index (χ4v) is 2.75. The molecule has 104 valence electrons. The van der Waals surface area contributed by atoms with Gasteiger partial charge >= 0.3 is 0 Å². The quantitative estimate of drug-likeness (QED) is 0.539. The minimum absolute atomic E-state index is 0.119. The van der Waals surface area contributed by atoms with Gasteiger partial charge in [-0.1, -0.05) is 30.0 Å². The second kappa shape index (κ2) is 4.42. The van der Waals surface area contributed by atoms with Crippen LogP contribution in [-0.2, 0) is 4.79 Å². The van der Waals surface area contributed by atoms with Gasteiger partial charge in [0.25, 0.3) is 5.78 Å². The summed E-state index contributed by atoms with van der Waals surface area (Å²) in [6, 6.07) is 7.81. The first kappa shape index (κ1) is 12.1. The van der Waals surface area contributed by atoms with Crippen LogP contribution in [0.25, 0.3) is 27.8 Å². The first-order chi connectivity index (χ1) is 10.2. The van der Waals surface area contributed by atoms with E-state index >= 15 is 0 Å². The molecule has 0 aliphatic heterocycles. The number of aromatic nitrogens is 6. The highest BCUT2D eigenvalue weighted by Gasteiger charge is 2.14. The molecule has 9 heteroatoms. The highest BCUT2D eigenvalue weighted by molar-refractivity contribution is 7.99. The van der Waals surface area contributed by atoms with Crippen LogP contribution in [0, 0.1) is 0 Å². The monoisotopic (exact) mass is 299 g/mol. The van der Waals surface area contributed by atoms with E-state index in [4.69, 9.17) is 5.73 Å². The maximum absolute atomic E-state index is 10.9. The Kier molecular flexibility index (Phi) is 2.54. The summed E-state index contributed by atoms with van der Waals surface area (Å²) in [7, 11) is 0. The average molecular weight is 299 g/mol. The lowest BCUT2D eigenvalue weighted by atomic mass is 10.2. The minimum atomic E-state index is -0.419. The molecule has 0 aliphatic rings. The molecule has 3 aromatic heterocycles. The number of nitrogens with zero attached hydrogens (tertiary/aromatic N) is 5. The number of para-hydroxylation sites is 1. The van der Waals surface area contributed by atoms with Gasteiger partial charge in [-0.25, -0.2) is 0 Å². The topological polar surface area (TPSA) is 115 Å². The first-order valence-electron chi connectivity index (χ1n) is 6.13. The summed E-state index contributed by atoms with van der Waals surface area (Å²) >= 11 is 1.18. The van der Waals surface area contributed by atoms with E-state index in [1.165, 1.54) is 16.3 Å². The number of aromatic amines is 1.